The first-order valence-corrected chi connectivity index (χ1v) is 5.54. The van der Waals surface area contributed by atoms with E-state index in [1.165, 1.54) is 0 Å². The van der Waals surface area contributed by atoms with E-state index < -0.39 is 5.82 Å². The number of furan rings is 1. The Hall–Kier alpha value is -1.86. The van der Waals surface area contributed by atoms with Crippen LogP contribution in [0.4, 0.5) is 16.0 Å². The smallest absolute Gasteiger partial charge is 0.226 e. The first kappa shape index (κ1) is 12.6. The van der Waals surface area contributed by atoms with E-state index in [0.717, 1.165) is 5.76 Å². The molecule has 0 aliphatic rings. The van der Waals surface area contributed by atoms with Gasteiger partial charge in [0.1, 0.15) is 5.76 Å². The van der Waals surface area contributed by atoms with Gasteiger partial charge in [-0.1, -0.05) is 0 Å². The standard InChI is InChI=1S/C10H11ClFN5O/c11-10-15-8(7(12)9(16-10)17-13)14-4-3-6-2-1-5-18-6/h1-2,5H,3-4,13H2,(H2,14,15,16,17). The van der Waals surface area contributed by atoms with Gasteiger partial charge in [-0.25, -0.2) is 5.84 Å². The van der Waals surface area contributed by atoms with Crippen LogP contribution >= 0.6 is 11.6 Å². The summed E-state index contributed by atoms with van der Waals surface area (Å²) in [6.45, 7) is 0.446. The van der Waals surface area contributed by atoms with Gasteiger partial charge in [0.15, 0.2) is 11.6 Å². The fourth-order valence-electron chi connectivity index (χ4n) is 1.39. The van der Waals surface area contributed by atoms with Crippen LogP contribution in [0.1, 0.15) is 5.76 Å². The number of rotatable bonds is 5. The molecule has 8 heteroatoms. The second-order valence-electron chi connectivity index (χ2n) is 3.40. The minimum atomic E-state index is -0.679. The zero-order chi connectivity index (χ0) is 13.0. The maximum Gasteiger partial charge on any atom is 0.226 e. The highest BCUT2D eigenvalue weighted by molar-refractivity contribution is 6.28. The Morgan fingerprint density at radius 2 is 2.17 bits per heavy atom. The van der Waals surface area contributed by atoms with Crippen molar-refractivity contribution >= 4 is 23.2 Å². The molecule has 2 aromatic rings. The molecule has 4 N–H and O–H groups in total. The minimum Gasteiger partial charge on any atom is -0.469 e. The summed E-state index contributed by atoms with van der Waals surface area (Å²) in [7, 11) is 0. The molecule has 2 rings (SSSR count). The fraction of sp³-hybridized carbons (Fsp3) is 0.200. The molecule has 0 saturated heterocycles. The molecule has 0 atom stereocenters. The Balaban J connectivity index is 2.02. The lowest BCUT2D eigenvalue weighted by Gasteiger charge is -2.08. The third-order valence-electron chi connectivity index (χ3n) is 2.20. The van der Waals surface area contributed by atoms with E-state index in [1.54, 1.807) is 12.3 Å². The quantitative estimate of drug-likeness (QED) is 0.437. The molecule has 0 saturated carbocycles. The minimum absolute atomic E-state index is 0.00509. The van der Waals surface area contributed by atoms with Gasteiger partial charge in [0.25, 0.3) is 0 Å². The lowest BCUT2D eigenvalue weighted by atomic mass is 10.3. The third kappa shape index (κ3) is 2.88. The van der Waals surface area contributed by atoms with Crippen molar-refractivity contribution in [1.82, 2.24) is 9.97 Å². The van der Waals surface area contributed by atoms with Gasteiger partial charge < -0.3 is 15.2 Å². The number of hydrogen-bond acceptors (Lipinski definition) is 6. The monoisotopic (exact) mass is 271 g/mol. The van der Waals surface area contributed by atoms with Crippen molar-refractivity contribution in [2.45, 2.75) is 6.42 Å². The average molecular weight is 272 g/mol. The molecular weight excluding hydrogens is 261 g/mol. The van der Waals surface area contributed by atoms with Crippen molar-refractivity contribution in [3.05, 3.63) is 35.3 Å². The predicted molar refractivity (Wildman–Crippen MR) is 65.7 cm³/mol. The van der Waals surface area contributed by atoms with E-state index in [0.29, 0.717) is 13.0 Å². The molecule has 0 unspecified atom stereocenters. The highest BCUT2D eigenvalue weighted by Crippen LogP contribution is 2.20. The van der Waals surface area contributed by atoms with Gasteiger partial charge in [-0.2, -0.15) is 14.4 Å². The second-order valence-corrected chi connectivity index (χ2v) is 3.74. The summed E-state index contributed by atoms with van der Waals surface area (Å²) in [5, 5.41) is 2.71. The molecule has 0 aliphatic carbocycles. The molecule has 0 spiro atoms. The molecular formula is C10H11ClFN5O. The van der Waals surface area contributed by atoms with Crippen LogP contribution in [0, 0.1) is 5.82 Å². The average Bonchev–Trinajstić information content (AvgIpc) is 2.86. The van der Waals surface area contributed by atoms with Crippen molar-refractivity contribution < 1.29 is 8.81 Å². The Kier molecular flexibility index (Phi) is 3.96. The lowest BCUT2D eigenvalue weighted by molar-refractivity contribution is 0.512. The molecule has 2 heterocycles. The SMILES string of the molecule is NNc1nc(Cl)nc(NCCc2ccco2)c1F. The first-order chi connectivity index (χ1) is 8.70. The van der Waals surface area contributed by atoms with Gasteiger partial charge in [-0.3, -0.25) is 0 Å². The zero-order valence-electron chi connectivity index (χ0n) is 9.28. The number of halogens is 2. The summed E-state index contributed by atoms with van der Waals surface area (Å²) in [6, 6.07) is 3.62. The van der Waals surface area contributed by atoms with Gasteiger partial charge in [-0.05, 0) is 23.7 Å². The van der Waals surface area contributed by atoms with Crippen molar-refractivity contribution in [2.75, 3.05) is 17.3 Å². The number of hydrogen-bond donors (Lipinski definition) is 3. The summed E-state index contributed by atoms with van der Waals surface area (Å²) in [5.74, 6) is 5.06. The number of aromatic nitrogens is 2. The molecule has 2 aromatic heterocycles. The van der Waals surface area contributed by atoms with Crippen LogP contribution in [0.2, 0.25) is 5.28 Å². The molecule has 0 amide bonds. The number of nitrogen functional groups attached to an aromatic ring is 1. The first-order valence-electron chi connectivity index (χ1n) is 5.16. The summed E-state index contributed by atoms with van der Waals surface area (Å²) < 4.78 is 18.9. The van der Waals surface area contributed by atoms with Gasteiger partial charge in [0.05, 0.1) is 6.26 Å². The number of nitrogens with two attached hydrogens (primary N) is 1. The van der Waals surface area contributed by atoms with E-state index in [1.807, 2.05) is 6.07 Å². The topological polar surface area (TPSA) is 89.0 Å². The Labute approximate surface area is 107 Å². The fourth-order valence-corrected chi connectivity index (χ4v) is 1.56. The highest BCUT2D eigenvalue weighted by atomic mass is 35.5. The molecule has 0 aliphatic heterocycles. The van der Waals surface area contributed by atoms with Gasteiger partial charge in [0, 0.05) is 13.0 Å². The summed E-state index contributed by atoms with van der Waals surface area (Å²) >= 11 is 5.64. The molecule has 18 heavy (non-hydrogen) atoms. The molecule has 96 valence electrons. The number of anilines is 2. The van der Waals surface area contributed by atoms with Crippen LogP contribution in [-0.2, 0) is 6.42 Å². The normalized spacial score (nSPS) is 10.4. The molecule has 0 aromatic carbocycles. The summed E-state index contributed by atoms with van der Waals surface area (Å²) in [6.07, 6.45) is 2.17. The van der Waals surface area contributed by atoms with Crippen molar-refractivity contribution in [1.29, 1.82) is 0 Å². The summed E-state index contributed by atoms with van der Waals surface area (Å²) in [5.41, 5.74) is 2.11. The second kappa shape index (κ2) is 5.65. The van der Waals surface area contributed by atoms with Crippen LogP contribution in [-0.4, -0.2) is 16.5 Å². The van der Waals surface area contributed by atoms with E-state index in [9.17, 15) is 4.39 Å². The molecule has 0 radical (unpaired) electrons. The molecule has 0 fully saturated rings. The molecule has 6 nitrogen and oxygen atoms in total. The van der Waals surface area contributed by atoms with Crippen molar-refractivity contribution in [2.24, 2.45) is 5.84 Å². The van der Waals surface area contributed by atoms with E-state index in [4.69, 9.17) is 21.9 Å². The zero-order valence-corrected chi connectivity index (χ0v) is 10.0. The van der Waals surface area contributed by atoms with Gasteiger partial charge in [-0.15, -0.1) is 0 Å². The third-order valence-corrected chi connectivity index (χ3v) is 2.37. The Bertz CT molecular complexity index is 519. The Morgan fingerprint density at radius 3 is 2.83 bits per heavy atom. The molecule has 0 bridgehead atoms. The van der Waals surface area contributed by atoms with Crippen LogP contribution in [0.5, 0.6) is 0 Å². The Morgan fingerprint density at radius 1 is 1.39 bits per heavy atom. The summed E-state index contributed by atoms with van der Waals surface area (Å²) in [4.78, 5) is 7.34. The lowest BCUT2D eigenvalue weighted by Crippen LogP contribution is -2.14. The van der Waals surface area contributed by atoms with Crippen LogP contribution < -0.4 is 16.6 Å². The van der Waals surface area contributed by atoms with E-state index >= 15 is 0 Å². The van der Waals surface area contributed by atoms with E-state index in [2.05, 4.69) is 20.7 Å². The van der Waals surface area contributed by atoms with Crippen LogP contribution in [0.25, 0.3) is 0 Å². The van der Waals surface area contributed by atoms with Crippen LogP contribution in [0.3, 0.4) is 0 Å². The number of nitrogens with zero attached hydrogens (tertiary/aromatic N) is 2. The van der Waals surface area contributed by atoms with Gasteiger partial charge in [0.2, 0.25) is 11.1 Å². The highest BCUT2D eigenvalue weighted by Gasteiger charge is 2.12. The number of hydrazine groups is 1. The van der Waals surface area contributed by atoms with Gasteiger partial charge >= 0.3 is 0 Å². The predicted octanol–water partition coefficient (Wildman–Crippen LogP) is 1.80. The largest absolute Gasteiger partial charge is 0.469 e. The van der Waals surface area contributed by atoms with Crippen LogP contribution in [0.15, 0.2) is 22.8 Å². The number of nitrogens with one attached hydrogen (secondary N) is 2. The van der Waals surface area contributed by atoms with Crippen molar-refractivity contribution in [3.63, 3.8) is 0 Å². The van der Waals surface area contributed by atoms with E-state index in [-0.39, 0.29) is 16.9 Å². The maximum atomic E-state index is 13.7. The maximum absolute atomic E-state index is 13.7. The van der Waals surface area contributed by atoms with Crippen molar-refractivity contribution in [3.8, 4) is 0 Å².